The summed E-state index contributed by atoms with van der Waals surface area (Å²) in [5.41, 5.74) is 0. The van der Waals surface area contributed by atoms with Gasteiger partial charge in [0.1, 0.15) is 10.6 Å². The first-order valence-corrected chi connectivity index (χ1v) is 8.27. The van der Waals surface area contributed by atoms with Gasteiger partial charge in [-0.15, -0.1) is 11.3 Å². The fourth-order valence-corrected chi connectivity index (χ4v) is 3.85. The van der Waals surface area contributed by atoms with E-state index < -0.39 is 0 Å². The first kappa shape index (κ1) is 14.5. The molecule has 0 radical (unpaired) electrons. The molecule has 1 fully saturated rings. The van der Waals surface area contributed by atoms with Crippen LogP contribution >= 0.6 is 11.3 Å². The lowest BCUT2D eigenvalue weighted by Crippen LogP contribution is -2.42. The third-order valence-corrected chi connectivity index (χ3v) is 5.16. The zero-order valence-corrected chi connectivity index (χ0v) is 14.0. The number of hydrogen-bond acceptors (Lipinski definition) is 6. The van der Waals surface area contributed by atoms with Crippen LogP contribution < -0.4 is 10.2 Å². The average molecular weight is 305 g/mol. The van der Waals surface area contributed by atoms with Gasteiger partial charge in [0, 0.05) is 31.1 Å². The van der Waals surface area contributed by atoms with Gasteiger partial charge in [-0.1, -0.05) is 0 Å². The Labute approximate surface area is 130 Å². The van der Waals surface area contributed by atoms with Gasteiger partial charge in [-0.25, -0.2) is 4.98 Å². The van der Waals surface area contributed by atoms with Crippen molar-refractivity contribution >= 4 is 33.3 Å². The normalized spacial score (nSPS) is 16.9. The largest absolute Gasteiger partial charge is 0.357 e. The van der Waals surface area contributed by atoms with E-state index in [1.165, 1.54) is 23.1 Å². The Kier molecular flexibility index (Phi) is 3.99. The average Bonchev–Trinajstić information content (AvgIpc) is 2.86. The first-order valence-electron chi connectivity index (χ1n) is 7.46. The number of nitrogens with one attached hydrogen (secondary N) is 1. The summed E-state index contributed by atoms with van der Waals surface area (Å²) in [6.45, 7) is 4.26. The zero-order chi connectivity index (χ0) is 15.0. The summed E-state index contributed by atoms with van der Waals surface area (Å²) in [5, 5.41) is 4.28. The lowest BCUT2D eigenvalue weighted by atomic mass is 10.0. The minimum absolute atomic E-state index is 0.687. The Hall–Kier alpha value is -1.40. The quantitative estimate of drug-likeness (QED) is 0.944. The molecule has 0 amide bonds. The Morgan fingerprint density at radius 3 is 2.62 bits per heavy atom. The van der Waals surface area contributed by atoms with E-state index in [2.05, 4.69) is 47.2 Å². The summed E-state index contributed by atoms with van der Waals surface area (Å²) in [6.07, 6.45) is 2.38. The summed E-state index contributed by atoms with van der Waals surface area (Å²) in [6, 6.07) is 2.90. The summed E-state index contributed by atoms with van der Waals surface area (Å²) in [4.78, 5) is 16.4. The Morgan fingerprint density at radius 2 is 2.00 bits per heavy atom. The van der Waals surface area contributed by atoms with Crippen molar-refractivity contribution in [3.63, 3.8) is 0 Å². The van der Waals surface area contributed by atoms with E-state index in [9.17, 15) is 0 Å². The highest BCUT2D eigenvalue weighted by molar-refractivity contribution is 7.18. The van der Waals surface area contributed by atoms with Gasteiger partial charge in [0.05, 0.1) is 5.39 Å². The molecule has 6 heteroatoms. The van der Waals surface area contributed by atoms with Crippen LogP contribution in [0.15, 0.2) is 6.07 Å². The van der Waals surface area contributed by atoms with E-state index in [1.807, 2.05) is 7.05 Å². The van der Waals surface area contributed by atoms with Crippen molar-refractivity contribution in [3.8, 4) is 0 Å². The van der Waals surface area contributed by atoms with Crippen LogP contribution in [0.2, 0.25) is 0 Å². The van der Waals surface area contributed by atoms with Crippen molar-refractivity contribution in [3.05, 3.63) is 10.9 Å². The third kappa shape index (κ3) is 2.82. The molecule has 21 heavy (non-hydrogen) atoms. The molecular weight excluding hydrogens is 282 g/mol. The number of thiophene rings is 1. The van der Waals surface area contributed by atoms with E-state index in [0.717, 1.165) is 23.7 Å². The molecule has 1 aliphatic rings. The molecule has 0 aromatic carbocycles. The molecule has 0 bridgehead atoms. The number of hydrogen-bond donors (Lipinski definition) is 1. The lowest BCUT2D eigenvalue weighted by Gasteiger charge is -2.36. The molecule has 1 saturated heterocycles. The van der Waals surface area contributed by atoms with Crippen molar-refractivity contribution < 1.29 is 0 Å². The molecule has 1 N–H and O–H groups in total. The monoisotopic (exact) mass is 305 g/mol. The first-order chi connectivity index (χ1) is 10.1. The maximum atomic E-state index is 4.72. The summed E-state index contributed by atoms with van der Waals surface area (Å²) >= 11 is 1.74. The van der Waals surface area contributed by atoms with Gasteiger partial charge >= 0.3 is 0 Å². The second-order valence-electron chi connectivity index (χ2n) is 5.88. The SMILES string of the molecule is CNc1nc(N2CCC(N(C)C)CC2)c2cc(C)sc2n1. The molecule has 5 nitrogen and oxygen atoms in total. The van der Waals surface area contributed by atoms with Crippen LogP contribution in [0.25, 0.3) is 10.2 Å². The number of anilines is 2. The van der Waals surface area contributed by atoms with Gasteiger partial charge in [-0.3, -0.25) is 0 Å². The second kappa shape index (κ2) is 5.77. The molecule has 114 valence electrons. The van der Waals surface area contributed by atoms with Gasteiger partial charge in [0.2, 0.25) is 5.95 Å². The minimum atomic E-state index is 0.687. The van der Waals surface area contributed by atoms with E-state index in [-0.39, 0.29) is 0 Å². The fourth-order valence-electron chi connectivity index (χ4n) is 2.97. The van der Waals surface area contributed by atoms with Crippen molar-refractivity contribution in [2.75, 3.05) is 44.4 Å². The van der Waals surface area contributed by atoms with E-state index in [1.54, 1.807) is 11.3 Å². The highest BCUT2D eigenvalue weighted by atomic mass is 32.1. The zero-order valence-electron chi connectivity index (χ0n) is 13.2. The molecule has 2 aromatic heterocycles. The standard InChI is InChI=1S/C15H23N5S/c1-10-9-12-13(17-15(16-2)18-14(12)21-10)20-7-5-11(6-8-20)19(3)4/h9,11H,5-8H2,1-4H3,(H,16,17,18). The maximum absolute atomic E-state index is 4.72. The topological polar surface area (TPSA) is 44.3 Å². The van der Waals surface area contributed by atoms with Crippen LogP contribution in [0, 0.1) is 6.92 Å². The molecule has 0 saturated carbocycles. The Balaban J connectivity index is 1.93. The Morgan fingerprint density at radius 1 is 1.29 bits per heavy atom. The number of rotatable bonds is 3. The number of fused-ring (bicyclic) bond motifs is 1. The maximum Gasteiger partial charge on any atom is 0.225 e. The highest BCUT2D eigenvalue weighted by Gasteiger charge is 2.23. The summed E-state index contributed by atoms with van der Waals surface area (Å²) < 4.78 is 0. The van der Waals surface area contributed by atoms with Gasteiger partial charge < -0.3 is 15.1 Å². The van der Waals surface area contributed by atoms with Gasteiger partial charge in [0.25, 0.3) is 0 Å². The number of aromatic nitrogens is 2. The smallest absolute Gasteiger partial charge is 0.225 e. The Bertz CT molecular complexity index is 628. The van der Waals surface area contributed by atoms with Gasteiger partial charge in [0.15, 0.2) is 0 Å². The second-order valence-corrected chi connectivity index (χ2v) is 7.11. The lowest BCUT2D eigenvalue weighted by molar-refractivity contribution is 0.249. The number of nitrogens with zero attached hydrogens (tertiary/aromatic N) is 4. The molecule has 2 aromatic rings. The van der Waals surface area contributed by atoms with Crippen molar-refractivity contribution in [2.45, 2.75) is 25.8 Å². The summed E-state index contributed by atoms with van der Waals surface area (Å²) in [7, 11) is 6.22. The molecular formula is C15H23N5S. The fraction of sp³-hybridized carbons (Fsp3) is 0.600. The highest BCUT2D eigenvalue weighted by Crippen LogP contribution is 2.33. The van der Waals surface area contributed by atoms with Crippen LogP contribution in [0.3, 0.4) is 0 Å². The number of aryl methyl sites for hydroxylation is 1. The van der Waals surface area contributed by atoms with Crippen LogP contribution in [-0.4, -0.2) is 55.1 Å². The minimum Gasteiger partial charge on any atom is -0.357 e. The molecule has 1 aliphatic heterocycles. The summed E-state index contributed by atoms with van der Waals surface area (Å²) in [5.74, 6) is 1.81. The van der Waals surface area contributed by atoms with Crippen molar-refractivity contribution in [2.24, 2.45) is 0 Å². The molecule has 0 atom stereocenters. The predicted molar refractivity (Wildman–Crippen MR) is 90.6 cm³/mol. The molecule has 3 rings (SSSR count). The number of piperidine rings is 1. The van der Waals surface area contributed by atoms with Crippen LogP contribution in [0.1, 0.15) is 17.7 Å². The van der Waals surface area contributed by atoms with E-state index >= 15 is 0 Å². The molecule has 0 aliphatic carbocycles. The molecule has 3 heterocycles. The van der Waals surface area contributed by atoms with Crippen molar-refractivity contribution in [1.82, 2.24) is 14.9 Å². The van der Waals surface area contributed by atoms with Crippen LogP contribution in [0.5, 0.6) is 0 Å². The van der Waals surface area contributed by atoms with Crippen molar-refractivity contribution in [1.29, 1.82) is 0 Å². The van der Waals surface area contributed by atoms with E-state index in [0.29, 0.717) is 12.0 Å². The third-order valence-electron chi connectivity index (χ3n) is 4.21. The predicted octanol–water partition coefficient (Wildman–Crippen LogP) is 2.57. The molecule has 0 spiro atoms. The van der Waals surface area contributed by atoms with Crippen LogP contribution in [-0.2, 0) is 0 Å². The van der Waals surface area contributed by atoms with Crippen LogP contribution in [0.4, 0.5) is 11.8 Å². The van der Waals surface area contributed by atoms with Gasteiger partial charge in [-0.2, -0.15) is 4.98 Å². The molecule has 0 unspecified atom stereocenters. The van der Waals surface area contributed by atoms with E-state index in [4.69, 9.17) is 4.98 Å². The van der Waals surface area contributed by atoms with Gasteiger partial charge in [-0.05, 0) is 39.9 Å².